The third-order valence-corrected chi connectivity index (χ3v) is 4.64. The quantitative estimate of drug-likeness (QED) is 0.762. The van der Waals surface area contributed by atoms with Gasteiger partial charge in [0.25, 0.3) is 0 Å². The van der Waals surface area contributed by atoms with Crippen molar-refractivity contribution in [3.63, 3.8) is 0 Å². The van der Waals surface area contributed by atoms with E-state index in [4.69, 9.17) is 9.15 Å². The van der Waals surface area contributed by atoms with Gasteiger partial charge in [-0.1, -0.05) is 12.1 Å². The van der Waals surface area contributed by atoms with Crippen molar-refractivity contribution in [2.45, 2.75) is 13.5 Å². The van der Waals surface area contributed by atoms with Gasteiger partial charge in [-0.2, -0.15) is 0 Å². The van der Waals surface area contributed by atoms with Crippen LogP contribution in [-0.4, -0.2) is 62.1 Å². The minimum absolute atomic E-state index is 0.115. The number of likely N-dealkylation sites (N-methyl/N-ethyl adjacent to an activating group) is 1. The Bertz CT molecular complexity index is 694. The minimum Gasteiger partial charge on any atom is -0.492 e. The van der Waals surface area contributed by atoms with Crippen molar-refractivity contribution in [1.29, 1.82) is 0 Å². The van der Waals surface area contributed by atoms with Crippen molar-refractivity contribution in [2.24, 2.45) is 0 Å². The van der Waals surface area contributed by atoms with Crippen LogP contribution in [-0.2, 0) is 11.3 Å². The van der Waals surface area contributed by atoms with Gasteiger partial charge in [0, 0.05) is 33.2 Å². The van der Waals surface area contributed by atoms with Crippen LogP contribution in [0.1, 0.15) is 12.7 Å². The summed E-state index contributed by atoms with van der Waals surface area (Å²) in [5.41, 5.74) is 1.13. The Morgan fingerprint density at radius 1 is 1.15 bits per heavy atom. The fourth-order valence-corrected chi connectivity index (χ4v) is 3.18. The van der Waals surface area contributed by atoms with Gasteiger partial charge in [-0.3, -0.25) is 9.69 Å². The van der Waals surface area contributed by atoms with Crippen molar-refractivity contribution in [3.05, 3.63) is 48.4 Å². The summed E-state index contributed by atoms with van der Waals surface area (Å²) in [6, 6.07) is 11.9. The molecule has 1 fully saturated rings. The second-order valence-corrected chi connectivity index (χ2v) is 6.49. The third-order valence-electron chi connectivity index (χ3n) is 4.64. The molecule has 2 heterocycles. The van der Waals surface area contributed by atoms with E-state index in [1.54, 1.807) is 11.2 Å². The zero-order valence-electron chi connectivity index (χ0n) is 15.6. The van der Waals surface area contributed by atoms with Crippen LogP contribution in [0.4, 0.5) is 5.69 Å². The van der Waals surface area contributed by atoms with Crippen LogP contribution in [0.25, 0.3) is 0 Å². The van der Waals surface area contributed by atoms with Crippen LogP contribution >= 0.6 is 0 Å². The number of anilines is 1. The number of ether oxygens (including phenoxy) is 1. The first kappa shape index (κ1) is 18.3. The average molecular weight is 357 g/mol. The molecule has 0 unspecified atom stereocenters. The van der Waals surface area contributed by atoms with Crippen LogP contribution in [0.3, 0.4) is 0 Å². The molecule has 0 aliphatic carbocycles. The maximum absolute atomic E-state index is 12.4. The van der Waals surface area contributed by atoms with Gasteiger partial charge in [-0.25, -0.2) is 0 Å². The summed E-state index contributed by atoms with van der Waals surface area (Å²) in [6.07, 6.45) is 1.63. The van der Waals surface area contributed by atoms with Crippen molar-refractivity contribution in [3.8, 4) is 5.75 Å². The van der Waals surface area contributed by atoms with E-state index in [0.717, 1.165) is 43.4 Å². The Balaban J connectivity index is 1.50. The van der Waals surface area contributed by atoms with Crippen LogP contribution in [0.5, 0.6) is 5.75 Å². The number of hydrogen-bond donors (Lipinski definition) is 0. The number of para-hydroxylation sites is 2. The Labute approximate surface area is 154 Å². The predicted octanol–water partition coefficient (Wildman–Crippen LogP) is 2.46. The number of carbonyl (C=O) groups is 1. The summed E-state index contributed by atoms with van der Waals surface area (Å²) in [7, 11) is 1.82. The fourth-order valence-electron chi connectivity index (χ4n) is 3.18. The van der Waals surface area contributed by atoms with E-state index in [2.05, 4.69) is 15.9 Å². The molecule has 0 N–H and O–H groups in total. The highest BCUT2D eigenvalue weighted by molar-refractivity contribution is 5.78. The van der Waals surface area contributed by atoms with Gasteiger partial charge in [0.2, 0.25) is 5.91 Å². The molecule has 0 spiro atoms. The van der Waals surface area contributed by atoms with Gasteiger partial charge >= 0.3 is 0 Å². The van der Waals surface area contributed by atoms with Crippen molar-refractivity contribution in [2.75, 3.05) is 51.3 Å². The number of carbonyl (C=O) groups excluding carboxylic acids is 1. The molecule has 140 valence electrons. The molecule has 1 aromatic carbocycles. The first-order valence-electron chi connectivity index (χ1n) is 9.13. The molecule has 6 nitrogen and oxygen atoms in total. The highest BCUT2D eigenvalue weighted by atomic mass is 16.5. The lowest BCUT2D eigenvalue weighted by Gasteiger charge is -2.36. The van der Waals surface area contributed by atoms with Crippen molar-refractivity contribution < 1.29 is 13.9 Å². The maximum atomic E-state index is 12.4. The Hall–Kier alpha value is -2.47. The van der Waals surface area contributed by atoms with Gasteiger partial charge in [-0.15, -0.1) is 0 Å². The zero-order valence-corrected chi connectivity index (χ0v) is 15.6. The summed E-state index contributed by atoms with van der Waals surface area (Å²) < 4.78 is 11.1. The van der Waals surface area contributed by atoms with Crippen LogP contribution in [0.15, 0.2) is 47.1 Å². The predicted molar refractivity (Wildman–Crippen MR) is 101 cm³/mol. The lowest BCUT2D eigenvalue weighted by Crippen LogP contribution is -2.49. The number of rotatable bonds is 7. The van der Waals surface area contributed by atoms with E-state index in [1.165, 1.54) is 0 Å². The van der Waals surface area contributed by atoms with E-state index >= 15 is 0 Å². The van der Waals surface area contributed by atoms with E-state index in [-0.39, 0.29) is 5.91 Å². The molecule has 1 saturated heterocycles. The molecule has 0 bridgehead atoms. The molecule has 1 aromatic heterocycles. The zero-order chi connectivity index (χ0) is 18.4. The standard InChI is InChI=1S/C20H27N3O3/c1-3-25-19-9-5-4-8-18(19)23-12-10-22(11-13-23)16-20(24)21(2)15-17-7-6-14-26-17/h4-9,14H,3,10-13,15-16H2,1-2H3. The van der Waals surface area contributed by atoms with Gasteiger partial charge in [0.05, 0.1) is 31.6 Å². The number of benzene rings is 1. The summed E-state index contributed by atoms with van der Waals surface area (Å²) in [4.78, 5) is 18.7. The monoisotopic (exact) mass is 357 g/mol. The molecule has 3 rings (SSSR count). The Kier molecular flexibility index (Phi) is 6.17. The van der Waals surface area contributed by atoms with Crippen LogP contribution in [0, 0.1) is 0 Å². The largest absolute Gasteiger partial charge is 0.492 e. The van der Waals surface area contributed by atoms with Crippen LogP contribution < -0.4 is 9.64 Å². The topological polar surface area (TPSA) is 49.2 Å². The first-order chi connectivity index (χ1) is 12.7. The Morgan fingerprint density at radius 3 is 2.62 bits per heavy atom. The summed E-state index contributed by atoms with van der Waals surface area (Å²) in [6.45, 7) is 7.11. The van der Waals surface area contributed by atoms with Crippen molar-refractivity contribution in [1.82, 2.24) is 9.80 Å². The van der Waals surface area contributed by atoms with Gasteiger partial charge in [0.1, 0.15) is 11.5 Å². The van der Waals surface area contributed by atoms with Gasteiger partial charge in [0.15, 0.2) is 0 Å². The SMILES string of the molecule is CCOc1ccccc1N1CCN(CC(=O)N(C)Cc2ccco2)CC1. The first-order valence-corrected chi connectivity index (χ1v) is 9.13. The number of piperazine rings is 1. The lowest BCUT2D eigenvalue weighted by molar-refractivity contribution is -0.131. The molecular formula is C20H27N3O3. The number of amides is 1. The molecule has 26 heavy (non-hydrogen) atoms. The molecule has 0 saturated carbocycles. The maximum Gasteiger partial charge on any atom is 0.236 e. The summed E-state index contributed by atoms with van der Waals surface area (Å²) >= 11 is 0. The summed E-state index contributed by atoms with van der Waals surface area (Å²) in [5, 5.41) is 0. The molecule has 0 atom stereocenters. The number of hydrogen-bond acceptors (Lipinski definition) is 5. The molecular weight excluding hydrogens is 330 g/mol. The summed E-state index contributed by atoms with van der Waals surface area (Å²) in [5.74, 6) is 1.85. The van der Waals surface area contributed by atoms with E-state index in [1.807, 2.05) is 44.3 Å². The lowest BCUT2D eigenvalue weighted by atomic mass is 10.2. The van der Waals surface area contributed by atoms with Crippen molar-refractivity contribution >= 4 is 11.6 Å². The molecule has 0 radical (unpaired) electrons. The normalized spacial score (nSPS) is 15.1. The average Bonchev–Trinajstić information content (AvgIpc) is 3.16. The molecule has 1 aliphatic heterocycles. The van der Waals surface area contributed by atoms with E-state index in [0.29, 0.717) is 19.7 Å². The number of nitrogens with zero attached hydrogens (tertiary/aromatic N) is 3. The molecule has 1 amide bonds. The molecule has 2 aromatic rings. The van der Waals surface area contributed by atoms with E-state index < -0.39 is 0 Å². The second kappa shape index (κ2) is 8.76. The minimum atomic E-state index is 0.115. The molecule has 1 aliphatic rings. The molecule has 6 heteroatoms. The third kappa shape index (κ3) is 4.58. The second-order valence-electron chi connectivity index (χ2n) is 6.49. The van der Waals surface area contributed by atoms with Gasteiger partial charge < -0.3 is 19.0 Å². The van der Waals surface area contributed by atoms with Gasteiger partial charge in [-0.05, 0) is 31.2 Å². The van der Waals surface area contributed by atoms with E-state index in [9.17, 15) is 4.79 Å². The fraction of sp³-hybridized carbons (Fsp3) is 0.450. The number of furan rings is 1. The highest BCUT2D eigenvalue weighted by Crippen LogP contribution is 2.28. The highest BCUT2D eigenvalue weighted by Gasteiger charge is 2.22. The van der Waals surface area contributed by atoms with Crippen LogP contribution in [0.2, 0.25) is 0 Å². The smallest absolute Gasteiger partial charge is 0.236 e. The Morgan fingerprint density at radius 2 is 1.92 bits per heavy atom.